The van der Waals surface area contributed by atoms with Gasteiger partial charge in [0.15, 0.2) is 6.61 Å². The summed E-state index contributed by atoms with van der Waals surface area (Å²) in [6.45, 7) is 3.56. The third kappa shape index (κ3) is 2.79. The largest absolute Gasteiger partial charge is 0.462 e. The molecule has 0 radical (unpaired) electrons. The van der Waals surface area contributed by atoms with Gasteiger partial charge in [0.25, 0.3) is 5.91 Å². The molecule has 1 amide bonds. The highest BCUT2D eigenvalue weighted by Crippen LogP contribution is 2.57. The molecule has 1 aliphatic heterocycles. The maximum Gasteiger partial charge on any atom is 0.310 e. The van der Waals surface area contributed by atoms with Crippen LogP contribution >= 0.6 is 0 Å². The average Bonchev–Trinajstić information content (AvgIpc) is 3.13. The molecule has 1 saturated heterocycles. The molecule has 132 valence electrons. The minimum absolute atomic E-state index is 0.0144. The van der Waals surface area contributed by atoms with Gasteiger partial charge in [-0.2, -0.15) is 0 Å². The van der Waals surface area contributed by atoms with E-state index in [0.717, 1.165) is 24.0 Å². The summed E-state index contributed by atoms with van der Waals surface area (Å²) < 4.78 is 10.5. The molecule has 1 aromatic rings. The summed E-state index contributed by atoms with van der Waals surface area (Å²) in [7, 11) is 0. The molecule has 2 aliphatic carbocycles. The number of amides is 1. The number of rotatable bonds is 4. The highest BCUT2D eigenvalue weighted by atomic mass is 16.6. The van der Waals surface area contributed by atoms with Crippen LogP contribution in [0.5, 0.6) is 0 Å². The zero-order chi connectivity index (χ0) is 17.7. The second kappa shape index (κ2) is 5.86. The van der Waals surface area contributed by atoms with Crippen molar-refractivity contribution in [2.75, 3.05) is 11.9 Å². The number of ether oxygens (including phenoxy) is 2. The number of anilines is 1. The van der Waals surface area contributed by atoms with E-state index >= 15 is 0 Å². The minimum atomic E-state index is -0.453. The van der Waals surface area contributed by atoms with E-state index in [1.165, 1.54) is 0 Å². The molecule has 0 spiro atoms. The first kappa shape index (κ1) is 16.1. The summed E-state index contributed by atoms with van der Waals surface area (Å²) >= 11 is 0. The van der Waals surface area contributed by atoms with Crippen molar-refractivity contribution in [1.82, 2.24) is 0 Å². The number of aryl methyl sites for hydroxylation is 2. The van der Waals surface area contributed by atoms with E-state index in [2.05, 4.69) is 5.32 Å². The molecule has 6 nitrogen and oxygen atoms in total. The van der Waals surface area contributed by atoms with Gasteiger partial charge in [0.05, 0.1) is 11.8 Å². The highest BCUT2D eigenvalue weighted by molar-refractivity contribution is 5.93. The maximum atomic E-state index is 12.4. The zero-order valence-corrected chi connectivity index (χ0v) is 14.3. The van der Waals surface area contributed by atoms with Crippen molar-refractivity contribution in [3.8, 4) is 0 Å². The molecular weight excluding hydrogens is 322 g/mol. The fourth-order valence-electron chi connectivity index (χ4n) is 4.80. The number of esters is 2. The van der Waals surface area contributed by atoms with Gasteiger partial charge in [0.1, 0.15) is 6.10 Å². The van der Waals surface area contributed by atoms with Gasteiger partial charge in [-0.05, 0) is 55.9 Å². The Balaban J connectivity index is 1.34. The van der Waals surface area contributed by atoms with Crippen LogP contribution in [-0.2, 0) is 23.9 Å². The lowest BCUT2D eigenvalue weighted by molar-refractivity contribution is -0.157. The first-order valence-electron chi connectivity index (χ1n) is 8.67. The van der Waals surface area contributed by atoms with Crippen molar-refractivity contribution >= 4 is 23.5 Å². The Morgan fingerprint density at radius 1 is 1.20 bits per heavy atom. The Morgan fingerprint density at radius 3 is 2.64 bits per heavy atom. The SMILES string of the molecule is Cc1cc(C)cc(NC(=O)COC(=O)[C@@H]2[C@@H]3C[C@@H]4[C@@H]2C(=O)O[C@H]4C3)c1. The number of hydrogen-bond donors (Lipinski definition) is 1. The van der Waals surface area contributed by atoms with Crippen molar-refractivity contribution in [2.24, 2.45) is 23.7 Å². The molecule has 2 bridgehead atoms. The smallest absolute Gasteiger partial charge is 0.310 e. The molecule has 2 saturated carbocycles. The van der Waals surface area contributed by atoms with Crippen molar-refractivity contribution in [2.45, 2.75) is 32.8 Å². The Morgan fingerprint density at radius 2 is 1.92 bits per heavy atom. The monoisotopic (exact) mass is 343 g/mol. The molecular formula is C19H21NO5. The standard InChI is InChI=1S/C19H21NO5/c1-9-3-10(2)5-12(4-9)20-15(21)8-24-18(22)16-11-6-13-14(7-11)25-19(23)17(13)16/h3-5,11,13-14,16-17H,6-8H2,1-2H3,(H,20,21)/t11-,13+,14+,16-,17+/m1/s1. The van der Waals surface area contributed by atoms with Crippen LogP contribution in [0.2, 0.25) is 0 Å². The molecule has 3 aliphatic rings. The number of carbonyl (C=O) groups excluding carboxylic acids is 3. The Labute approximate surface area is 145 Å². The lowest BCUT2D eigenvalue weighted by atomic mass is 9.80. The summed E-state index contributed by atoms with van der Waals surface area (Å²) in [5.41, 5.74) is 2.77. The third-order valence-corrected chi connectivity index (χ3v) is 5.61. The summed E-state index contributed by atoms with van der Waals surface area (Å²) in [6.07, 6.45) is 1.57. The molecule has 0 unspecified atom stereocenters. The van der Waals surface area contributed by atoms with Gasteiger partial charge in [-0.15, -0.1) is 0 Å². The van der Waals surface area contributed by atoms with Gasteiger partial charge in [0.2, 0.25) is 0 Å². The van der Waals surface area contributed by atoms with Crippen LogP contribution in [0.15, 0.2) is 18.2 Å². The fraction of sp³-hybridized carbons (Fsp3) is 0.526. The van der Waals surface area contributed by atoms with Gasteiger partial charge >= 0.3 is 11.9 Å². The first-order valence-corrected chi connectivity index (χ1v) is 8.67. The lowest BCUT2D eigenvalue weighted by Gasteiger charge is -2.22. The van der Waals surface area contributed by atoms with Crippen LogP contribution < -0.4 is 5.32 Å². The van der Waals surface area contributed by atoms with E-state index in [0.29, 0.717) is 5.69 Å². The van der Waals surface area contributed by atoms with E-state index in [4.69, 9.17) is 9.47 Å². The van der Waals surface area contributed by atoms with Gasteiger partial charge < -0.3 is 14.8 Å². The van der Waals surface area contributed by atoms with Crippen LogP contribution in [0.4, 0.5) is 5.69 Å². The number of carbonyl (C=O) groups is 3. The van der Waals surface area contributed by atoms with Gasteiger partial charge in [-0.25, -0.2) is 0 Å². The second-order valence-corrected chi connectivity index (χ2v) is 7.45. The summed E-state index contributed by atoms with van der Waals surface area (Å²) in [5.74, 6) is -1.65. The molecule has 4 rings (SSSR count). The topological polar surface area (TPSA) is 81.7 Å². The molecule has 0 aromatic heterocycles. The summed E-state index contributed by atoms with van der Waals surface area (Å²) in [4.78, 5) is 36.4. The summed E-state index contributed by atoms with van der Waals surface area (Å²) in [5, 5.41) is 2.74. The van der Waals surface area contributed by atoms with Crippen molar-refractivity contribution in [1.29, 1.82) is 0 Å². The predicted molar refractivity (Wildman–Crippen MR) is 88.6 cm³/mol. The Bertz CT molecular complexity index is 736. The molecule has 6 heteroatoms. The first-order chi connectivity index (χ1) is 11.9. The van der Waals surface area contributed by atoms with Gasteiger partial charge in [-0.1, -0.05) is 6.07 Å². The molecule has 1 aromatic carbocycles. The van der Waals surface area contributed by atoms with Crippen LogP contribution in [0.3, 0.4) is 0 Å². The predicted octanol–water partition coefficient (Wildman–Crippen LogP) is 1.98. The molecule has 1 N–H and O–H groups in total. The van der Waals surface area contributed by atoms with Crippen LogP contribution in [0, 0.1) is 37.5 Å². The zero-order valence-electron chi connectivity index (χ0n) is 14.3. The van der Waals surface area contributed by atoms with E-state index < -0.39 is 11.9 Å². The van der Waals surface area contributed by atoms with E-state index in [1.54, 1.807) is 0 Å². The molecule has 3 fully saturated rings. The third-order valence-electron chi connectivity index (χ3n) is 5.61. The lowest BCUT2D eigenvalue weighted by Crippen LogP contribution is -2.34. The Hall–Kier alpha value is -2.37. The van der Waals surface area contributed by atoms with Crippen LogP contribution in [0.25, 0.3) is 0 Å². The molecule has 5 atom stereocenters. The average molecular weight is 343 g/mol. The van der Waals surface area contributed by atoms with E-state index in [9.17, 15) is 14.4 Å². The van der Waals surface area contributed by atoms with Crippen molar-refractivity contribution in [3.63, 3.8) is 0 Å². The van der Waals surface area contributed by atoms with Crippen LogP contribution in [0.1, 0.15) is 24.0 Å². The molecule has 25 heavy (non-hydrogen) atoms. The minimum Gasteiger partial charge on any atom is -0.462 e. The fourth-order valence-corrected chi connectivity index (χ4v) is 4.80. The van der Waals surface area contributed by atoms with Crippen molar-refractivity contribution < 1.29 is 23.9 Å². The summed E-state index contributed by atoms with van der Waals surface area (Å²) in [6, 6.07) is 5.73. The van der Waals surface area contributed by atoms with Crippen molar-refractivity contribution in [3.05, 3.63) is 29.3 Å². The van der Waals surface area contributed by atoms with E-state index in [-0.39, 0.29) is 42.3 Å². The van der Waals surface area contributed by atoms with E-state index in [1.807, 2.05) is 32.0 Å². The highest BCUT2D eigenvalue weighted by Gasteiger charge is 2.64. The number of nitrogens with one attached hydrogen (secondary N) is 1. The maximum absolute atomic E-state index is 12.4. The number of benzene rings is 1. The van der Waals surface area contributed by atoms with Gasteiger partial charge in [0, 0.05) is 11.6 Å². The second-order valence-electron chi connectivity index (χ2n) is 7.45. The quantitative estimate of drug-likeness (QED) is 0.846. The number of hydrogen-bond acceptors (Lipinski definition) is 5. The molecule has 1 heterocycles. The van der Waals surface area contributed by atoms with Crippen LogP contribution in [-0.4, -0.2) is 30.6 Å². The van der Waals surface area contributed by atoms with Gasteiger partial charge in [-0.3, -0.25) is 14.4 Å². The Kier molecular flexibility index (Phi) is 3.78. The normalized spacial score (nSPS) is 31.8. The number of fused-ring (bicyclic) bond motifs is 1.